The van der Waals surface area contributed by atoms with Crippen LogP contribution in [0.5, 0.6) is 0 Å². The highest BCUT2D eigenvalue weighted by Crippen LogP contribution is 2.16. The van der Waals surface area contributed by atoms with Crippen molar-refractivity contribution >= 4 is 17.7 Å². The van der Waals surface area contributed by atoms with Gasteiger partial charge in [-0.15, -0.1) is 0 Å². The lowest BCUT2D eigenvalue weighted by atomic mass is 10.0. The third-order valence-electron chi connectivity index (χ3n) is 4.77. The van der Waals surface area contributed by atoms with Crippen LogP contribution in [-0.4, -0.2) is 47.8 Å². The van der Waals surface area contributed by atoms with E-state index in [1.165, 1.54) is 6.07 Å². The van der Waals surface area contributed by atoms with Gasteiger partial charge in [0, 0.05) is 25.6 Å². The number of rotatable bonds is 4. The molecule has 25 heavy (non-hydrogen) atoms. The van der Waals surface area contributed by atoms with Gasteiger partial charge in [-0.05, 0) is 30.9 Å². The quantitative estimate of drug-likeness (QED) is 0.844. The fourth-order valence-electron chi connectivity index (χ4n) is 3.36. The van der Waals surface area contributed by atoms with Gasteiger partial charge in [0.25, 0.3) is 0 Å². The van der Waals surface area contributed by atoms with Crippen molar-refractivity contribution in [2.45, 2.75) is 44.2 Å². The number of carbonyl (C=O) groups is 3. The molecule has 2 heterocycles. The first-order chi connectivity index (χ1) is 12.0. The molecule has 0 spiro atoms. The van der Waals surface area contributed by atoms with Crippen LogP contribution in [0, 0.1) is 5.82 Å². The van der Waals surface area contributed by atoms with E-state index in [4.69, 9.17) is 0 Å². The summed E-state index contributed by atoms with van der Waals surface area (Å²) >= 11 is 0. The van der Waals surface area contributed by atoms with E-state index >= 15 is 0 Å². The highest BCUT2D eigenvalue weighted by Gasteiger charge is 2.32. The number of nitrogens with one attached hydrogen (secondary N) is 2. The number of carbonyl (C=O) groups excluding carboxylic acids is 3. The van der Waals surface area contributed by atoms with E-state index in [2.05, 4.69) is 10.6 Å². The molecule has 0 aromatic heterocycles. The van der Waals surface area contributed by atoms with Crippen LogP contribution in [0.2, 0.25) is 0 Å². The third kappa shape index (κ3) is 4.35. The monoisotopic (exact) mass is 347 g/mol. The third-order valence-corrected chi connectivity index (χ3v) is 4.77. The topological polar surface area (TPSA) is 78.5 Å². The van der Waals surface area contributed by atoms with E-state index < -0.39 is 6.04 Å². The Morgan fingerprint density at radius 2 is 1.92 bits per heavy atom. The minimum atomic E-state index is -0.403. The molecule has 6 nitrogen and oxygen atoms in total. The maximum atomic E-state index is 13.6. The first kappa shape index (κ1) is 17.4. The fraction of sp³-hybridized carbons (Fsp3) is 0.500. The molecule has 1 unspecified atom stereocenters. The second-order valence-electron chi connectivity index (χ2n) is 6.59. The van der Waals surface area contributed by atoms with Crippen molar-refractivity contribution in [2.75, 3.05) is 13.1 Å². The minimum Gasteiger partial charge on any atom is -0.353 e. The highest BCUT2D eigenvalue weighted by atomic mass is 19.1. The molecular weight excluding hydrogens is 325 g/mol. The molecule has 0 bridgehead atoms. The normalized spacial score (nSPS) is 21.1. The molecule has 0 aliphatic carbocycles. The summed E-state index contributed by atoms with van der Waals surface area (Å²) in [6, 6.07) is 5.83. The van der Waals surface area contributed by atoms with Crippen LogP contribution in [0.1, 0.15) is 31.2 Å². The van der Waals surface area contributed by atoms with Crippen LogP contribution in [-0.2, 0) is 20.8 Å². The van der Waals surface area contributed by atoms with E-state index in [0.29, 0.717) is 44.3 Å². The Kier molecular flexibility index (Phi) is 5.31. The smallest absolute Gasteiger partial charge is 0.245 e. The van der Waals surface area contributed by atoms with E-state index in [1.807, 2.05) is 0 Å². The summed E-state index contributed by atoms with van der Waals surface area (Å²) in [5.74, 6) is -0.703. The lowest BCUT2D eigenvalue weighted by molar-refractivity contribution is -0.135. The number of halogens is 1. The van der Waals surface area contributed by atoms with Gasteiger partial charge < -0.3 is 15.5 Å². The molecule has 0 saturated carbocycles. The number of benzene rings is 1. The first-order valence-electron chi connectivity index (χ1n) is 8.64. The zero-order valence-electron chi connectivity index (χ0n) is 14.0. The van der Waals surface area contributed by atoms with Crippen molar-refractivity contribution in [2.24, 2.45) is 0 Å². The molecule has 2 aliphatic rings. The number of hydrogen-bond acceptors (Lipinski definition) is 3. The van der Waals surface area contributed by atoms with Gasteiger partial charge in [0.15, 0.2) is 0 Å². The van der Waals surface area contributed by atoms with E-state index in [-0.39, 0.29) is 36.0 Å². The minimum absolute atomic E-state index is 0.0125. The van der Waals surface area contributed by atoms with Crippen molar-refractivity contribution in [3.05, 3.63) is 35.6 Å². The van der Waals surface area contributed by atoms with Crippen LogP contribution in [0.4, 0.5) is 4.39 Å². The summed E-state index contributed by atoms with van der Waals surface area (Å²) in [5, 5.41) is 5.61. The fourth-order valence-corrected chi connectivity index (χ4v) is 3.36. The number of piperidine rings is 1. The van der Waals surface area contributed by atoms with Crippen molar-refractivity contribution in [3.63, 3.8) is 0 Å². The standard InChI is InChI=1S/C18H22FN3O3/c19-14-4-2-1-3-12(14)11-17(24)20-13-7-9-22(10-8-13)18(25)15-5-6-16(23)21-15/h1-4,13,15H,5-11H2,(H,20,24)(H,21,23). The van der Waals surface area contributed by atoms with Crippen LogP contribution >= 0.6 is 0 Å². The number of likely N-dealkylation sites (tertiary alicyclic amines) is 1. The molecular formula is C18H22FN3O3. The van der Waals surface area contributed by atoms with Gasteiger partial charge in [0.1, 0.15) is 11.9 Å². The average Bonchev–Trinajstić information content (AvgIpc) is 3.03. The Balaban J connectivity index is 1.44. The van der Waals surface area contributed by atoms with Crippen LogP contribution in [0.3, 0.4) is 0 Å². The Labute approximate surface area is 145 Å². The Morgan fingerprint density at radius 3 is 2.56 bits per heavy atom. The number of amides is 3. The Hall–Kier alpha value is -2.44. The average molecular weight is 347 g/mol. The molecule has 2 N–H and O–H groups in total. The summed E-state index contributed by atoms with van der Waals surface area (Å²) in [6.45, 7) is 1.10. The summed E-state index contributed by atoms with van der Waals surface area (Å²) in [7, 11) is 0. The largest absolute Gasteiger partial charge is 0.353 e. The van der Waals surface area contributed by atoms with Gasteiger partial charge in [-0.3, -0.25) is 14.4 Å². The molecule has 0 radical (unpaired) electrons. The van der Waals surface area contributed by atoms with Crippen molar-refractivity contribution in [3.8, 4) is 0 Å². The predicted octanol–water partition coefficient (Wildman–Crippen LogP) is 0.754. The van der Waals surface area contributed by atoms with Gasteiger partial charge in [-0.25, -0.2) is 4.39 Å². The molecule has 1 aromatic rings. The molecule has 3 amide bonds. The maximum absolute atomic E-state index is 13.6. The predicted molar refractivity (Wildman–Crippen MR) is 89.0 cm³/mol. The van der Waals surface area contributed by atoms with E-state index in [0.717, 1.165) is 0 Å². The Morgan fingerprint density at radius 1 is 1.20 bits per heavy atom. The molecule has 2 aliphatic heterocycles. The van der Waals surface area contributed by atoms with E-state index in [9.17, 15) is 18.8 Å². The van der Waals surface area contributed by atoms with Gasteiger partial charge in [0.05, 0.1) is 6.42 Å². The molecule has 2 saturated heterocycles. The van der Waals surface area contributed by atoms with Gasteiger partial charge in [0.2, 0.25) is 17.7 Å². The highest BCUT2D eigenvalue weighted by molar-refractivity contribution is 5.90. The lowest BCUT2D eigenvalue weighted by Crippen LogP contribution is -2.51. The van der Waals surface area contributed by atoms with Gasteiger partial charge >= 0.3 is 0 Å². The van der Waals surface area contributed by atoms with Gasteiger partial charge in [-0.1, -0.05) is 18.2 Å². The van der Waals surface area contributed by atoms with E-state index in [1.54, 1.807) is 23.1 Å². The number of hydrogen-bond donors (Lipinski definition) is 2. The molecule has 2 fully saturated rings. The molecule has 1 aromatic carbocycles. The molecule has 3 rings (SSSR count). The van der Waals surface area contributed by atoms with Crippen LogP contribution in [0.15, 0.2) is 24.3 Å². The van der Waals surface area contributed by atoms with Crippen molar-refractivity contribution < 1.29 is 18.8 Å². The Bertz CT molecular complexity index is 671. The summed E-state index contributed by atoms with van der Waals surface area (Å²) in [4.78, 5) is 37.4. The lowest BCUT2D eigenvalue weighted by Gasteiger charge is -2.33. The second-order valence-corrected chi connectivity index (χ2v) is 6.59. The van der Waals surface area contributed by atoms with Crippen molar-refractivity contribution in [1.29, 1.82) is 0 Å². The SMILES string of the molecule is O=C(Cc1ccccc1F)NC1CCN(C(=O)C2CCC(=O)N2)CC1. The van der Waals surface area contributed by atoms with Crippen molar-refractivity contribution in [1.82, 2.24) is 15.5 Å². The maximum Gasteiger partial charge on any atom is 0.245 e. The zero-order chi connectivity index (χ0) is 17.8. The number of nitrogens with zero attached hydrogens (tertiary/aromatic N) is 1. The summed E-state index contributed by atoms with van der Waals surface area (Å²) in [5.41, 5.74) is 0.379. The zero-order valence-corrected chi connectivity index (χ0v) is 14.0. The molecule has 7 heteroatoms. The summed E-state index contributed by atoms with van der Waals surface area (Å²) in [6.07, 6.45) is 2.29. The molecule has 1 atom stereocenters. The first-order valence-corrected chi connectivity index (χ1v) is 8.64. The van der Waals surface area contributed by atoms with Gasteiger partial charge in [-0.2, -0.15) is 0 Å². The van der Waals surface area contributed by atoms with Crippen LogP contribution in [0.25, 0.3) is 0 Å². The van der Waals surface area contributed by atoms with Crippen LogP contribution < -0.4 is 10.6 Å². The molecule has 134 valence electrons. The summed E-state index contributed by atoms with van der Waals surface area (Å²) < 4.78 is 13.6. The second kappa shape index (κ2) is 7.63.